The molecule has 1 fully saturated rings. The Morgan fingerprint density at radius 1 is 1.11 bits per heavy atom. The molecule has 2 N–H and O–H groups in total. The van der Waals surface area contributed by atoms with Gasteiger partial charge in [-0.05, 0) is 68.1 Å². The first-order chi connectivity index (χ1) is 12.8. The van der Waals surface area contributed by atoms with Crippen LogP contribution in [0.2, 0.25) is 0 Å². The number of halogens is 1. The first-order valence-corrected chi connectivity index (χ1v) is 10.4. The summed E-state index contributed by atoms with van der Waals surface area (Å²) < 4.78 is 40.2. The van der Waals surface area contributed by atoms with Gasteiger partial charge in [0.15, 0.2) is 0 Å². The van der Waals surface area contributed by atoms with Gasteiger partial charge >= 0.3 is 0 Å². The van der Waals surface area contributed by atoms with Crippen LogP contribution in [0.15, 0.2) is 53.4 Å². The third-order valence-corrected chi connectivity index (χ3v) is 6.39. The molecule has 0 radical (unpaired) electrons. The van der Waals surface area contributed by atoms with Crippen LogP contribution in [0.1, 0.15) is 38.7 Å². The first-order valence-electron chi connectivity index (χ1n) is 8.97. The first kappa shape index (κ1) is 19.4. The van der Waals surface area contributed by atoms with Crippen molar-refractivity contribution in [1.29, 1.82) is 0 Å². The van der Waals surface area contributed by atoms with Gasteiger partial charge in [0.05, 0.1) is 10.3 Å². The van der Waals surface area contributed by atoms with Gasteiger partial charge in [-0.15, -0.1) is 0 Å². The van der Waals surface area contributed by atoms with E-state index < -0.39 is 21.3 Å². The molecule has 3 rings (SSSR count). The fraction of sp³-hybridized carbons (Fsp3) is 0.350. The molecule has 0 bridgehead atoms. The molecule has 1 aliphatic carbocycles. The van der Waals surface area contributed by atoms with E-state index in [-0.39, 0.29) is 16.8 Å². The summed E-state index contributed by atoms with van der Waals surface area (Å²) in [5.41, 5.74) is 0.770. The van der Waals surface area contributed by atoms with Crippen molar-refractivity contribution in [3.8, 4) is 0 Å². The standard InChI is InChI=1S/C20H23FN2O3S/c1-3-14(2)22-19(24)20(12-13-20)15-4-8-17(9-5-15)23-27(25,26)18-10-6-16(21)7-11-18/h4-11,14,23H,3,12-13H2,1-2H3,(H,22,24)/t14-/m0/s1. The number of benzene rings is 2. The predicted octanol–water partition coefficient (Wildman–Crippen LogP) is 3.57. The molecule has 27 heavy (non-hydrogen) atoms. The highest BCUT2D eigenvalue weighted by Gasteiger charge is 2.51. The van der Waals surface area contributed by atoms with Crippen LogP contribution in [0.3, 0.4) is 0 Å². The van der Waals surface area contributed by atoms with Crippen LogP contribution in [0.4, 0.5) is 10.1 Å². The van der Waals surface area contributed by atoms with E-state index in [0.29, 0.717) is 5.69 Å². The molecular formula is C20H23FN2O3S. The normalized spacial score (nSPS) is 16.4. The van der Waals surface area contributed by atoms with E-state index in [2.05, 4.69) is 10.0 Å². The lowest BCUT2D eigenvalue weighted by molar-refractivity contribution is -0.124. The zero-order chi connectivity index (χ0) is 19.7. The number of carbonyl (C=O) groups excluding carboxylic acids is 1. The quantitative estimate of drug-likeness (QED) is 0.759. The zero-order valence-corrected chi connectivity index (χ0v) is 16.1. The van der Waals surface area contributed by atoms with Gasteiger partial charge in [0.1, 0.15) is 5.82 Å². The van der Waals surface area contributed by atoms with Gasteiger partial charge in [-0.25, -0.2) is 12.8 Å². The van der Waals surface area contributed by atoms with Crippen molar-refractivity contribution in [3.05, 3.63) is 59.9 Å². The summed E-state index contributed by atoms with van der Waals surface area (Å²) >= 11 is 0. The molecule has 2 aromatic carbocycles. The summed E-state index contributed by atoms with van der Waals surface area (Å²) in [4.78, 5) is 12.6. The Labute approximate surface area is 159 Å². The summed E-state index contributed by atoms with van der Waals surface area (Å²) in [7, 11) is -3.79. The minimum Gasteiger partial charge on any atom is -0.353 e. The summed E-state index contributed by atoms with van der Waals surface area (Å²) in [6.45, 7) is 3.99. The lowest BCUT2D eigenvalue weighted by Crippen LogP contribution is -2.39. The van der Waals surface area contributed by atoms with Gasteiger partial charge in [-0.2, -0.15) is 0 Å². The Morgan fingerprint density at radius 3 is 2.22 bits per heavy atom. The maximum atomic E-state index is 13.0. The SMILES string of the molecule is CC[C@H](C)NC(=O)C1(c2ccc(NS(=O)(=O)c3ccc(F)cc3)cc2)CC1. The average molecular weight is 390 g/mol. The number of hydrogen-bond acceptors (Lipinski definition) is 3. The van der Waals surface area contributed by atoms with Gasteiger partial charge in [0.2, 0.25) is 5.91 Å². The van der Waals surface area contributed by atoms with E-state index >= 15 is 0 Å². The molecule has 1 atom stereocenters. The van der Waals surface area contributed by atoms with Crippen LogP contribution in [0.5, 0.6) is 0 Å². The van der Waals surface area contributed by atoms with Crippen LogP contribution in [0, 0.1) is 5.82 Å². The number of sulfonamides is 1. The van der Waals surface area contributed by atoms with E-state index in [4.69, 9.17) is 0 Å². The molecule has 0 spiro atoms. The van der Waals surface area contributed by atoms with E-state index in [9.17, 15) is 17.6 Å². The van der Waals surface area contributed by atoms with Crippen LogP contribution < -0.4 is 10.0 Å². The molecule has 0 aromatic heterocycles. The van der Waals surface area contributed by atoms with E-state index in [1.54, 1.807) is 24.3 Å². The Balaban J connectivity index is 1.74. The topological polar surface area (TPSA) is 75.3 Å². The van der Waals surface area contributed by atoms with Crippen molar-refractivity contribution in [1.82, 2.24) is 5.32 Å². The van der Waals surface area contributed by atoms with Crippen molar-refractivity contribution in [2.24, 2.45) is 0 Å². The minimum absolute atomic E-state index is 0.0143. The molecular weight excluding hydrogens is 367 g/mol. The molecule has 0 aliphatic heterocycles. The monoisotopic (exact) mass is 390 g/mol. The second-order valence-electron chi connectivity index (χ2n) is 7.00. The lowest BCUT2D eigenvalue weighted by Gasteiger charge is -2.19. The van der Waals surface area contributed by atoms with Gasteiger partial charge in [-0.1, -0.05) is 19.1 Å². The van der Waals surface area contributed by atoms with Crippen LogP contribution in [0.25, 0.3) is 0 Å². The number of rotatable bonds is 7. The number of amides is 1. The van der Waals surface area contributed by atoms with E-state index in [0.717, 1.165) is 37.0 Å². The zero-order valence-electron chi connectivity index (χ0n) is 15.3. The van der Waals surface area contributed by atoms with Gasteiger partial charge < -0.3 is 5.32 Å². The third-order valence-electron chi connectivity index (χ3n) is 4.99. The molecule has 5 nitrogen and oxygen atoms in total. The van der Waals surface area contributed by atoms with Gasteiger partial charge in [-0.3, -0.25) is 9.52 Å². The Morgan fingerprint density at radius 2 is 1.70 bits per heavy atom. The van der Waals surface area contributed by atoms with E-state index in [1.165, 1.54) is 12.1 Å². The van der Waals surface area contributed by atoms with E-state index in [1.807, 2.05) is 13.8 Å². The molecule has 1 saturated carbocycles. The van der Waals surface area contributed by atoms with Crippen molar-refractivity contribution in [3.63, 3.8) is 0 Å². The minimum atomic E-state index is -3.79. The third kappa shape index (κ3) is 4.13. The summed E-state index contributed by atoms with van der Waals surface area (Å²) in [5.74, 6) is -0.472. The number of hydrogen-bond donors (Lipinski definition) is 2. The number of carbonyl (C=O) groups is 1. The maximum Gasteiger partial charge on any atom is 0.261 e. The highest BCUT2D eigenvalue weighted by molar-refractivity contribution is 7.92. The Hall–Kier alpha value is -2.41. The molecule has 2 aromatic rings. The Bertz CT molecular complexity index is 921. The van der Waals surface area contributed by atoms with Crippen LogP contribution in [-0.2, 0) is 20.2 Å². The molecule has 0 unspecified atom stereocenters. The maximum absolute atomic E-state index is 13.0. The van der Waals surface area contributed by atoms with Crippen LogP contribution >= 0.6 is 0 Å². The van der Waals surface area contributed by atoms with Gasteiger partial charge in [0, 0.05) is 11.7 Å². The number of anilines is 1. The smallest absolute Gasteiger partial charge is 0.261 e. The highest BCUT2D eigenvalue weighted by Crippen LogP contribution is 2.48. The molecule has 7 heteroatoms. The molecule has 0 saturated heterocycles. The fourth-order valence-corrected chi connectivity index (χ4v) is 3.98. The van der Waals surface area contributed by atoms with Crippen molar-refractivity contribution in [2.45, 2.75) is 49.5 Å². The second kappa shape index (κ2) is 7.31. The average Bonchev–Trinajstić information content (AvgIpc) is 3.44. The molecule has 0 heterocycles. The summed E-state index contributed by atoms with van der Waals surface area (Å²) in [6, 6.07) is 11.6. The number of nitrogens with one attached hydrogen (secondary N) is 2. The highest BCUT2D eigenvalue weighted by atomic mass is 32.2. The fourth-order valence-electron chi connectivity index (χ4n) is 2.92. The predicted molar refractivity (Wildman–Crippen MR) is 102 cm³/mol. The largest absolute Gasteiger partial charge is 0.353 e. The second-order valence-corrected chi connectivity index (χ2v) is 8.68. The molecule has 1 amide bonds. The summed E-state index contributed by atoms with van der Waals surface area (Å²) in [6.07, 6.45) is 2.44. The van der Waals surface area contributed by atoms with Gasteiger partial charge in [0.25, 0.3) is 10.0 Å². The Kier molecular flexibility index (Phi) is 5.24. The van der Waals surface area contributed by atoms with Crippen LogP contribution in [-0.4, -0.2) is 20.4 Å². The lowest BCUT2D eigenvalue weighted by atomic mass is 9.94. The molecule has 144 valence electrons. The van der Waals surface area contributed by atoms with Crippen molar-refractivity contribution >= 4 is 21.6 Å². The van der Waals surface area contributed by atoms with Crippen molar-refractivity contribution in [2.75, 3.05) is 4.72 Å². The molecule has 1 aliphatic rings. The van der Waals surface area contributed by atoms with Crippen molar-refractivity contribution < 1.29 is 17.6 Å². The summed E-state index contributed by atoms with van der Waals surface area (Å²) in [5, 5.41) is 3.03.